The number of rotatable bonds is 2. The van der Waals surface area contributed by atoms with E-state index in [0.29, 0.717) is 15.9 Å². The average Bonchev–Trinajstić information content (AvgIpc) is 2.63. The molecule has 0 spiro atoms. The summed E-state index contributed by atoms with van der Waals surface area (Å²) in [6.45, 7) is 0. The van der Waals surface area contributed by atoms with Crippen LogP contribution in [0.25, 0.3) is 0 Å². The predicted octanol–water partition coefficient (Wildman–Crippen LogP) is 4.64. The summed E-state index contributed by atoms with van der Waals surface area (Å²) >= 11 is 3.23. The van der Waals surface area contributed by atoms with E-state index in [4.69, 9.17) is 0 Å². The first-order chi connectivity index (χ1) is 12.1. The van der Waals surface area contributed by atoms with E-state index < -0.39 is 11.7 Å². The zero-order valence-corrected chi connectivity index (χ0v) is 14.5. The fourth-order valence-electron chi connectivity index (χ4n) is 2.12. The summed E-state index contributed by atoms with van der Waals surface area (Å²) in [5.74, 6) is 4.84. The minimum Gasteiger partial charge on any atom is -0.322 e. The van der Waals surface area contributed by atoms with Crippen molar-refractivity contribution in [3.63, 3.8) is 0 Å². The molecule has 25 heavy (non-hydrogen) atoms. The highest BCUT2D eigenvalue weighted by atomic mass is 79.9. The molecule has 122 valence electrons. The topological polar surface area (TPSA) is 42.0 Å². The molecule has 3 nitrogen and oxygen atoms in total. The molecule has 0 fully saturated rings. The molecule has 3 aromatic rings. The molecular weight excluding hydrogens is 383 g/mol. The molecule has 1 aromatic heterocycles. The van der Waals surface area contributed by atoms with E-state index in [1.807, 2.05) is 24.3 Å². The molecule has 0 saturated carbocycles. The molecule has 1 N–H and O–H groups in total. The van der Waals surface area contributed by atoms with Gasteiger partial charge >= 0.3 is 0 Å². The van der Waals surface area contributed by atoms with Crippen molar-refractivity contribution in [2.45, 2.75) is 0 Å². The lowest BCUT2D eigenvalue weighted by Gasteiger charge is -2.07. The van der Waals surface area contributed by atoms with Gasteiger partial charge in [0.2, 0.25) is 0 Å². The Morgan fingerprint density at radius 1 is 1.04 bits per heavy atom. The number of benzene rings is 2. The second kappa shape index (κ2) is 7.73. The first-order valence-electron chi connectivity index (χ1n) is 7.41. The standard InChI is InChI=1S/C20H12BrFN2O/c21-15-8-10-19(22)18(13-15)20(25)24-17-6-3-4-14(12-17)7-9-16-5-1-2-11-23-16/h1-6,8,10-13H,(H,24,25). The van der Waals surface area contributed by atoms with Crippen LogP contribution in [-0.2, 0) is 0 Å². The van der Waals surface area contributed by atoms with Crippen molar-refractivity contribution in [2.24, 2.45) is 0 Å². The third kappa shape index (κ3) is 4.52. The number of aromatic nitrogens is 1. The molecule has 2 aromatic carbocycles. The Bertz CT molecular complexity index is 978. The van der Waals surface area contributed by atoms with Crippen LogP contribution >= 0.6 is 15.9 Å². The summed E-state index contributed by atoms with van der Waals surface area (Å²) in [6, 6.07) is 16.8. The maximum absolute atomic E-state index is 13.8. The molecule has 0 aliphatic heterocycles. The molecule has 0 saturated heterocycles. The molecule has 0 radical (unpaired) electrons. The van der Waals surface area contributed by atoms with Gasteiger partial charge < -0.3 is 5.32 Å². The molecule has 1 heterocycles. The van der Waals surface area contributed by atoms with E-state index in [1.165, 1.54) is 12.1 Å². The van der Waals surface area contributed by atoms with Crippen LogP contribution in [0, 0.1) is 17.7 Å². The van der Waals surface area contributed by atoms with Gasteiger partial charge in [-0.1, -0.05) is 34.0 Å². The number of pyridine rings is 1. The van der Waals surface area contributed by atoms with Crippen molar-refractivity contribution in [1.82, 2.24) is 4.98 Å². The summed E-state index contributed by atoms with van der Waals surface area (Å²) in [7, 11) is 0. The molecule has 3 rings (SSSR count). The zero-order chi connectivity index (χ0) is 17.6. The van der Waals surface area contributed by atoms with Crippen molar-refractivity contribution < 1.29 is 9.18 Å². The molecule has 1 amide bonds. The second-order valence-electron chi connectivity index (χ2n) is 5.12. The van der Waals surface area contributed by atoms with Gasteiger partial charge in [-0.25, -0.2) is 9.37 Å². The quantitative estimate of drug-likeness (QED) is 0.643. The lowest BCUT2D eigenvalue weighted by molar-refractivity contribution is 0.102. The highest BCUT2D eigenvalue weighted by Gasteiger charge is 2.12. The molecular formula is C20H12BrFN2O. The number of hydrogen-bond acceptors (Lipinski definition) is 2. The average molecular weight is 395 g/mol. The van der Waals surface area contributed by atoms with Gasteiger partial charge in [0, 0.05) is 21.9 Å². The van der Waals surface area contributed by atoms with Crippen LogP contribution in [0.4, 0.5) is 10.1 Å². The summed E-state index contributed by atoms with van der Waals surface area (Å²) in [5.41, 5.74) is 1.89. The maximum atomic E-state index is 13.8. The summed E-state index contributed by atoms with van der Waals surface area (Å²) in [4.78, 5) is 16.4. The SMILES string of the molecule is O=C(Nc1cccc(C#Cc2ccccn2)c1)c1cc(Br)ccc1F. The normalized spacial score (nSPS) is 9.84. The molecule has 0 atom stereocenters. The lowest BCUT2D eigenvalue weighted by atomic mass is 10.1. The maximum Gasteiger partial charge on any atom is 0.258 e. The number of amides is 1. The summed E-state index contributed by atoms with van der Waals surface area (Å²) < 4.78 is 14.4. The minimum absolute atomic E-state index is 0.0284. The van der Waals surface area contributed by atoms with Crippen LogP contribution in [0.15, 0.2) is 71.3 Å². The number of hydrogen-bond donors (Lipinski definition) is 1. The van der Waals surface area contributed by atoms with E-state index in [-0.39, 0.29) is 5.56 Å². The van der Waals surface area contributed by atoms with E-state index in [0.717, 1.165) is 5.56 Å². The predicted molar refractivity (Wildman–Crippen MR) is 98.7 cm³/mol. The van der Waals surface area contributed by atoms with Crippen LogP contribution in [0.3, 0.4) is 0 Å². The molecule has 0 aliphatic rings. The van der Waals surface area contributed by atoms with Gasteiger partial charge in [0.25, 0.3) is 5.91 Å². The lowest BCUT2D eigenvalue weighted by Crippen LogP contribution is -2.13. The Kier molecular flexibility index (Phi) is 5.22. The fraction of sp³-hybridized carbons (Fsp3) is 0. The Hall–Kier alpha value is -2.97. The first kappa shape index (κ1) is 16.9. The molecule has 0 bridgehead atoms. The van der Waals surface area contributed by atoms with Gasteiger partial charge in [-0.05, 0) is 54.5 Å². The summed E-state index contributed by atoms with van der Waals surface area (Å²) in [5, 5.41) is 2.68. The van der Waals surface area contributed by atoms with E-state index in [1.54, 1.807) is 30.5 Å². The minimum atomic E-state index is -0.577. The second-order valence-corrected chi connectivity index (χ2v) is 6.04. The van der Waals surface area contributed by atoms with Gasteiger partial charge in [-0.3, -0.25) is 4.79 Å². The number of carbonyl (C=O) groups excluding carboxylic acids is 1. The van der Waals surface area contributed by atoms with Crippen LogP contribution in [0.5, 0.6) is 0 Å². The third-order valence-electron chi connectivity index (χ3n) is 3.29. The third-order valence-corrected chi connectivity index (χ3v) is 3.79. The Morgan fingerprint density at radius 2 is 1.92 bits per heavy atom. The Labute approximate surface area is 153 Å². The van der Waals surface area contributed by atoms with Crippen molar-refractivity contribution in [1.29, 1.82) is 0 Å². The van der Waals surface area contributed by atoms with Crippen LogP contribution in [0.1, 0.15) is 21.6 Å². The zero-order valence-electron chi connectivity index (χ0n) is 13.0. The number of nitrogens with one attached hydrogen (secondary N) is 1. The van der Waals surface area contributed by atoms with Crippen molar-refractivity contribution in [3.8, 4) is 11.8 Å². The van der Waals surface area contributed by atoms with Crippen LogP contribution in [0.2, 0.25) is 0 Å². The summed E-state index contributed by atoms with van der Waals surface area (Å²) in [6.07, 6.45) is 1.67. The van der Waals surface area contributed by atoms with E-state index in [9.17, 15) is 9.18 Å². The van der Waals surface area contributed by atoms with Gasteiger partial charge in [0.15, 0.2) is 0 Å². The Morgan fingerprint density at radius 3 is 2.72 bits per heavy atom. The largest absolute Gasteiger partial charge is 0.322 e. The van der Waals surface area contributed by atoms with E-state index in [2.05, 4.69) is 38.1 Å². The monoisotopic (exact) mass is 394 g/mol. The number of anilines is 1. The smallest absolute Gasteiger partial charge is 0.258 e. The van der Waals surface area contributed by atoms with Gasteiger partial charge in [-0.2, -0.15) is 0 Å². The van der Waals surface area contributed by atoms with Gasteiger partial charge in [-0.15, -0.1) is 0 Å². The van der Waals surface area contributed by atoms with Gasteiger partial charge in [0.05, 0.1) is 5.56 Å². The van der Waals surface area contributed by atoms with Crippen LogP contribution in [-0.4, -0.2) is 10.9 Å². The first-order valence-corrected chi connectivity index (χ1v) is 8.20. The van der Waals surface area contributed by atoms with Crippen molar-refractivity contribution in [2.75, 3.05) is 5.32 Å². The number of carbonyl (C=O) groups is 1. The molecule has 0 unspecified atom stereocenters. The van der Waals surface area contributed by atoms with Gasteiger partial charge in [0.1, 0.15) is 11.5 Å². The number of halogens is 2. The van der Waals surface area contributed by atoms with Crippen LogP contribution < -0.4 is 5.32 Å². The number of nitrogens with zero attached hydrogens (tertiary/aromatic N) is 1. The van der Waals surface area contributed by atoms with Crippen molar-refractivity contribution >= 4 is 27.5 Å². The fourth-order valence-corrected chi connectivity index (χ4v) is 2.48. The molecule has 5 heteroatoms. The highest BCUT2D eigenvalue weighted by Crippen LogP contribution is 2.18. The Balaban J connectivity index is 1.79. The highest BCUT2D eigenvalue weighted by molar-refractivity contribution is 9.10. The van der Waals surface area contributed by atoms with E-state index >= 15 is 0 Å². The molecule has 0 aliphatic carbocycles. The van der Waals surface area contributed by atoms with Crippen molar-refractivity contribution in [3.05, 3.63) is 94.0 Å².